The molecule has 0 N–H and O–H groups in total. The molecular weight excluding hydrogens is 510 g/mol. The Morgan fingerprint density at radius 2 is 1.89 bits per heavy atom. The van der Waals surface area contributed by atoms with Crippen molar-refractivity contribution in [2.45, 2.75) is 6.61 Å². The van der Waals surface area contributed by atoms with Crippen molar-refractivity contribution in [1.29, 1.82) is 0 Å². The van der Waals surface area contributed by atoms with Gasteiger partial charge in [-0.3, -0.25) is 4.79 Å². The van der Waals surface area contributed by atoms with Gasteiger partial charge < -0.3 is 9.47 Å². The summed E-state index contributed by atoms with van der Waals surface area (Å²) >= 11 is 8.27. The van der Waals surface area contributed by atoms with Gasteiger partial charge in [-0.15, -0.1) is 11.3 Å². The number of methoxy groups -OCH3 is 1. The number of benzene rings is 2. The quantitative estimate of drug-likeness (QED) is 0.371. The molecule has 4 rings (SSSR count). The summed E-state index contributed by atoms with van der Waals surface area (Å²) in [5.41, 5.74) is 0.373. The molecule has 0 spiro atoms. The molecule has 0 saturated carbocycles. The molecule has 0 amide bonds. The zero-order chi connectivity index (χ0) is 19.7. The van der Waals surface area contributed by atoms with Crippen molar-refractivity contribution in [2.24, 2.45) is 0 Å². The number of thiazole rings is 1. The van der Waals surface area contributed by atoms with Gasteiger partial charge >= 0.3 is 0 Å². The van der Waals surface area contributed by atoms with Crippen LogP contribution in [0.5, 0.6) is 11.5 Å². The van der Waals surface area contributed by atoms with Crippen molar-refractivity contribution >= 4 is 54.1 Å². The van der Waals surface area contributed by atoms with E-state index >= 15 is 0 Å². The summed E-state index contributed by atoms with van der Waals surface area (Å²) in [5.74, 6) is 1.63. The molecule has 9 heteroatoms. The summed E-state index contributed by atoms with van der Waals surface area (Å²) in [5, 5.41) is 2.84. The number of aromatic nitrogens is 3. The normalized spacial score (nSPS) is 11.0. The Morgan fingerprint density at radius 1 is 1.14 bits per heavy atom. The Labute approximate surface area is 181 Å². The van der Waals surface area contributed by atoms with E-state index in [2.05, 4.69) is 41.8 Å². The second kappa shape index (κ2) is 8.02. The number of hydrogen-bond acceptors (Lipinski definition) is 6. The Balaban J connectivity index is 1.85. The maximum absolute atomic E-state index is 13.2. The van der Waals surface area contributed by atoms with Crippen molar-refractivity contribution in [2.75, 3.05) is 7.11 Å². The lowest BCUT2D eigenvalue weighted by Crippen LogP contribution is -2.25. The van der Waals surface area contributed by atoms with Crippen molar-refractivity contribution < 1.29 is 9.47 Å². The maximum atomic E-state index is 13.2. The van der Waals surface area contributed by atoms with Crippen LogP contribution in [-0.2, 0) is 6.61 Å². The van der Waals surface area contributed by atoms with E-state index in [-0.39, 0.29) is 12.2 Å². The van der Waals surface area contributed by atoms with Crippen LogP contribution in [-0.4, -0.2) is 21.6 Å². The van der Waals surface area contributed by atoms with Gasteiger partial charge in [-0.1, -0.05) is 12.1 Å². The molecular formula is C19H13Br2N3O3S. The summed E-state index contributed by atoms with van der Waals surface area (Å²) in [4.78, 5) is 22.2. The first kappa shape index (κ1) is 19.1. The van der Waals surface area contributed by atoms with E-state index < -0.39 is 0 Å². The number of para-hydroxylation sites is 2. The van der Waals surface area contributed by atoms with Gasteiger partial charge in [-0.25, -0.2) is 14.5 Å². The lowest BCUT2D eigenvalue weighted by molar-refractivity contribution is 0.273. The van der Waals surface area contributed by atoms with Gasteiger partial charge in [0, 0.05) is 20.5 Å². The molecule has 28 heavy (non-hydrogen) atoms. The molecule has 0 aliphatic heterocycles. The van der Waals surface area contributed by atoms with Gasteiger partial charge in [0.15, 0.2) is 22.5 Å². The highest BCUT2D eigenvalue weighted by Gasteiger charge is 2.17. The molecule has 142 valence electrons. The largest absolute Gasteiger partial charge is 0.493 e. The Bertz CT molecular complexity index is 1210. The van der Waals surface area contributed by atoms with E-state index in [4.69, 9.17) is 9.47 Å². The highest BCUT2D eigenvalue weighted by atomic mass is 79.9. The molecule has 0 atom stereocenters. The average molecular weight is 523 g/mol. The molecule has 2 heterocycles. The predicted molar refractivity (Wildman–Crippen MR) is 116 cm³/mol. The van der Waals surface area contributed by atoms with Crippen LogP contribution in [0, 0.1) is 0 Å². The molecule has 0 aliphatic rings. The fourth-order valence-electron chi connectivity index (χ4n) is 2.73. The van der Waals surface area contributed by atoms with Gasteiger partial charge in [-0.05, 0) is 56.1 Å². The van der Waals surface area contributed by atoms with Crippen LogP contribution in [0.1, 0.15) is 5.82 Å². The fourth-order valence-corrected chi connectivity index (χ4v) is 4.06. The zero-order valence-electron chi connectivity index (χ0n) is 14.6. The number of hydrogen-bond donors (Lipinski definition) is 0. The van der Waals surface area contributed by atoms with Crippen LogP contribution in [0.2, 0.25) is 0 Å². The molecule has 2 aromatic heterocycles. The Kier molecular flexibility index (Phi) is 5.47. The first-order valence-electron chi connectivity index (χ1n) is 8.15. The molecule has 4 aromatic rings. The summed E-state index contributed by atoms with van der Waals surface area (Å²) in [6.07, 6.45) is 1.65. The smallest absolute Gasteiger partial charge is 0.267 e. The van der Waals surface area contributed by atoms with Crippen LogP contribution in [0.25, 0.3) is 16.0 Å². The molecule has 0 radical (unpaired) electrons. The predicted octanol–water partition coefficient (Wildman–Crippen LogP) is 4.95. The Morgan fingerprint density at radius 3 is 2.61 bits per heavy atom. The molecule has 0 fully saturated rings. The lowest BCUT2D eigenvalue weighted by atomic mass is 10.2. The average Bonchev–Trinajstić information content (AvgIpc) is 3.22. The molecule has 2 aromatic carbocycles. The second-order valence-electron chi connectivity index (χ2n) is 5.71. The van der Waals surface area contributed by atoms with Crippen LogP contribution < -0.4 is 15.0 Å². The minimum Gasteiger partial charge on any atom is -0.493 e. The molecule has 0 unspecified atom stereocenters. The van der Waals surface area contributed by atoms with E-state index in [0.29, 0.717) is 33.4 Å². The highest BCUT2D eigenvalue weighted by molar-refractivity contribution is 9.13. The second-order valence-corrected chi connectivity index (χ2v) is 8.29. The Hall–Kier alpha value is -2.23. The van der Waals surface area contributed by atoms with Gasteiger partial charge in [0.1, 0.15) is 6.61 Å². The van der Waals surface area contributed by atoms with Crippen molar-refractivity contribution in [3.05, 3.63) is 73.1 Å². The number of fused-ring (bicyclic) bond motifs is 1. The highest BCUT2D eigenvalue weighted by Crippen LogP contribution is 2.29. The molecule has 0 saturated heterocycles. The number of rotatable bonds is 5. The topological polar surface area (TPSA) is 66.2 Å². The first-order chi connectivity index (χ1) is 13.6. The summed E-state index contributed by atoms with van der Waals surface area (Å²) in [6.45, 7) is 0.0822. The lowest BCUT2D eigenvalue weighted by Gasteiger charge is -2.14. The van der Waals surface area contributed by atoms with Crippen LogP contribution in [0.3, 0.4) is 0 Å². The van der Waals surface area contributed by atoms with Crippen molar-refractivity contribution in [3.8, 4) is 16.6 Å². The van der Waals surface area contributed by atoms with Crippen molar-refractivity contribution in [1.82, 2.24) is 14.5 Å². The maximum Gasteiger partial charge on any atom is 0.267 e. The number of ether oxygens (including phenoxy) is 2. The third-order valence-corrected chi connectivity index (χ3v) is 6.62. The van der Waals surface area contributed by atoms with Crippen LogP contribution in [0.15, 0.2) is 61.7 Å². The van der Waals surface area contributed by atoms with Crippen LogP contribution in [0.4, 0.5) is 0 Å². The third-order valence-electron chi connectivity index (χ3n) is 4.02. The fraction of sp³-hybridized carbons (Fsp3) is 0.105. The monoisotopic (exact) mass is 521 g/mol. The molecule has 0 bridgehead atoms. The van der Waals surface area contributed by atoms with E-state index in [1.807, 2.05) is 23.6 Å². The zero-order valence-corrected chi connectivity index (χ0v) is 18.5. The van der Waals surface area contributed by atoms with Gasteiger partial charge in [0.25, 0.3) is 5.56 Å². The molecule has 0 aliphatic carbocycles. The van der Waals surface area contributed by atoms with Crippen LogP contribution >= 0.6 is 43.2 Å². The minimum absolute atomic E-state index is 0.0822. The van der Waals surface area contributed by atoms with Crippen molar-refractivity contribution in [3.63, 3.8) is 0 Å². The summed E-state index contributed by atoms with van der Waals surface area (Å²) in [6, 6.07) is 10.9. The number of halogens is 2. The first-order valence-corrected chi connectivity index (χ1v) is 10.6. The van der Waals surface area contributed by atoms with E-state index in [1.54, 1.807) is 31.5 Å². The summed E-state index contributed by atoms with van der Waals surface area (Å²) in [7, 11) is 1.58. The van der Waals surface area contributed by atoms with Gasteiger partial charge in [-0.2, -0.15) is 0 Å². The van der Waals surface area contributed by atoms with E-state index in [1.165, 1.54) is 15.9 Å². The minimum atomic E-state index is -0.202. The SMILES string of the molecule is COc1ccccc1OCc1nc2cc(Br)c(Br)cc2c(=O)n1-c1nccs1. The molecule has 6 nitrogen and oxygen atoms in total. The summed E-state index contributed by atoms with van der Waals surface area (Å²) < 4.78 is 14.3. The van der Waals surface area contributed by atoms with Gasteiger partial charge in [0.2, 0.25) is 0 Å². The third kappa shape index (κ3) is 3.57. The number of nitrogens with zero attached hydrogens (tertiary/aromatic N) is 3. The van der Waals surface area contributed by atoms with Gasteiger partial charge in [0.05, 0.1) is 18.0 Å². The van der Waals surface area contributed by atoms with E-state index in [0.717, 1.165) is 8.95 Å². The van der Waals surface area contributed by atoms with E-state index in [9.17, 15) is 4.79 Å². The standard InChI is InChI=1S/C19H13Br2N3O3S/c1-26-15-4-2-3-5-16(15)27-10-17-23-14-9-13(21)12(20)8-11(14)18(25)24(17)19-22-6-7-28-19/h2-9H,10H2,1H3.